The molecule has 0 saturated carbocycles. The summed E-state index contributed by atoms with van der Waals surface area (Å²) < 4.78 is 0. The van der Waals surface area contributed by atoms with Gasteiger partial charge in [0.1, 0.15) is 0 Å². The molecule has 4 nitrogen and oxygen atoms in total. The van der Waals surface area contributed by atoms with Crippen LogP contribution in [0.15, 0.2) is 0 Å². The van der Waals surface area contributed by atoms with E-state index in [0.717, 1.165) is 6.42 Å². The molecule has 0 radical (unpaired) electrons. The molecule has 0 rings (SSSR count). The van der Waals surface area contributed by atoms with E-state index in [4.69, 9.17) is 5.90 Å². The fraction of sp³-hybridized carbons (Fsp3) is 0.875. The lowest BCUT2D eigenvalue weighted by Gasteiger charge is -2.05. The highest BCUT2D eigenvalue weighted by Crippen LogP contribution is 1.97. The third-order valence-electron chi connectivity index (χ3n) is 1.35. The largest absolute Gasteiger partial charge is 0.356 e. The number of hydrogen-bond donors (Lipinski definition) is 2. The summed E-state index contributed by atoms with van der Waals surface area (Å²) in [4.78, 5) is 15.4. The fourth-order valence-corrected chi connectivity index (χ4v) is 0.826. The number of hydrogen-bond acceptors (Lipinski definition) is 3. The fourth-order valence-electron chi connectivity index (χ4n) is 0.826. The highest BCUT2D eigenvalue weighted by Gasteiger charge is 2.02. The molecule has 0 aliphatic carbocycles. The molecule has 0 aliphatic rings. The molecule has 1 amide bonds. The quantitative estimate of drug-likeness (QED) is 0.453. The molecule has 0 fully saturated rings. The van der Waals surface area contributed by atoms with Crippen LogP contribution < -0.4 is 11.2 Å². The van der Waals surface area contributed by atoms with Crippen molar-refractivity contribution < 1.29 is 9.63 Å². The average molecular weight is 174 g/mol. The molecule has 0 atom stereocenters. The number of carbonyl (C=O) groups is 1. The highest BCUT2D eigenvalue weighted by atomic mass is 16.6. The van der Waals surface area contributed by atoms with Gasteiger partial charge in [-0.15, -0.1) is 0 Å². The van der Waals surface area contributed by atoms with Gasteiger partial charge in [0, 0.05) is 13.0 Å². The molecule has 72 valence electrons. The van der Waals surface area contributed by atoms with Gasteiger partial charge in [-0.25, -0.2) is 5.90 Å². The lowest BCUT2D eigenvalue weighted by atomic mass is 10.1. The number of amides is 1. The van der Waals surface area contributed by atoms with Gasteiger partial charge in [-0.1, -0.05) is 13.8 Å². The van der Waals surface area contributed by atoms with Gasteiger partial charge < -0.3 is 10.2 Å². The molecule has 0 aliphatic heterocycles. The zero-order valence-electron chi connectivity index (χ0n) is 7.80. The van der Waals surface area contributed by atoms with Crippen molar-refractivity contribution in [2.45, 2.75) is 26.7 Å². The van der Waals surface area contributed by atoms with Gasteiger partial charge in [0.15, 0.2) is 0 Å². The van der Waals surface area contributed by atoms with Crippen LogP contribution in [0.5, 0.6) is 0 Å². The van der Waals surface area contributed by atoms with Crippen molar-refractivity contribution in [3.63, 3.8) is 0 Å². The van der Waals surface area contributed by atoms with E-state index >= 15 is 0 Å². The first-order chi connectivity index (χ1) is 5.66. The first-order valence-electron chi connectivity index (χ1n) is 4.25. The standard InChI is InChI=1S/C8H18N2O2/c1-7(2)6-8(11)10-4-3-5-12-9/h7H,3-6,9H2,1-2H3,(H,10,11). The Kier molecular flexibility index (Phi) is 6.70. The average Bonchev–Trinajstić information content (AvgIpc) is 1.97. The Bertz CT molecular complexity index is 126. The van der Waals surface area contributed by atoms with Crippen LogP contribution in [0.3, 0.4) is 0 Å². The summed E-state index contributed by atoms with van der Waals surface area (Å²) in [6, 6.07) is 0. The Morgan fingerprint density at radius 3 is 2.75 bits per heavy atom. The van der Waals surface area contributed by atoms with Crippen molar-refractivity contribution in [1.29, 1.82) is 0 Å². The second-order valence-electron chi connectivity index (χ2n) is 3.17. The number of rotatable bonds is 6. The maximum Gasteiger partial charge on any atom is 0.220 e. The van der Waals surface area contributed by atoms with Crippen LogP contribution in [0, 0.1) is 5.92 Å². The van der Waals surface area contributed by atoms with Crippen LogP contribution in [0.1, 0.15) is 26.7 Å². The van der Waals surface area contributed by atoms with E-state index in [2.05, 4.69) is 10.2 Å². The monoisotopic (exact) mass is 174 g/mol. The van der Waals surface area contributed by atoms with Crippen LogP contribution in [0.25, 0.3) is 0 Å². The number of nitrogens with one attached hydrogen (secondary N) is 1. The second kappa shape index (κ2) is 7.06. The maximum absolute atomic E-state index is 11.0. The van der Waals surface area contributed by atoms with Crippen LogP contribution >= 0.6 is 0 Å². The van der Waals surface area contributed by atoms with Crippen molar-refractivity contribution in [1.82, 2.24) is 5.32 Å². The topological polar surface area (TPSA) is 64.3 Å². The van der Waals surface area contributed by atoms with E-state index in [-0.39, 0.29) is 5.91 Å². The van der Waals surface area contributed by atoms with E-state index in [1.807, 2.05) is 13.8 Å². The Balaban J connectivity index is 3.20. The van der Waals surface area contributed by atoms with Crippen molar-refractivity contribution in [3.05, 3.63) is 0 Å². The summed E-state index contributed by atoms with van der Waals surface area (Å²) >= 11 is 0. The molecule has 0 unspecified atom stereocenters. The Morgan fingerprint density at radius 2 is 2.25 bits per heavy atom. The smallest absolute Gasteiger partial charge is 0.220 e. The van der Waals surface area contributed by atoms with Gasteiger partial charge >= 0.3 is 0 Å². The van der Waals surface area contributed by atoms with Gasteiger partial charge in [0.2, 0.25) is 5.91 Å². The third-order valence-corrected chi connectivity index (χ3v) is 1.35. The Labute approximate surface area is 73.4 Å². The minimum absolute atomic E-state index is 0.0991. The molecule has 0 spiro atoms. The van der Waals surface area contributed by atoms with Gasteiger partial charge in [-0.3, -0.25) is 4.79 Å². The van der Waals surface area contributed by atoms with E-state index in [1.54, 1.807) is 0 Å². The van der Waals surface area contributed by atoms with Crippen LogP contribution in [0.4, 0.5) is 0 Å². The lowest BCUT2D eigenvalue weighted by molar-refractivity contribution is -0.121. The van der Waals surface area contributed by atoms with E-state index < -0.39 is 0 Å². The molecule has 0 aromatic rings. The zero-order chi connectivity index (χ0) is 9.40. The molecule has 0 aromatic carbocycles. The molecule has 0 bridgehead atoms. The molecule has 0 aromatic heterocycles. The van der Waals surface area contributed by atoms with Crippen LogP contribution in [0.2, 0.25) is 0 Å². The van der Waals surface area contributed by atoms with Crippen molar-refractivity contribution >= 4 is 5.91 Å². The number of nitrogens with two attached hydrogens (primary N) is 1. The minimum Gasteiger partial charge on any atom is -0.356 e. The Hall–Kier alpha value is -0.610. The molecular formula is C8H18N2O2. The molecule has 3 N–H and O–H groups in total. The first-order valence-corrected chi connectivity index (χ1v) is 4.25. The number of carbonyl (C=O) groups excluding carboxylic acids is 1. The molecule has 0 heterocycles. The van der Waals surface area contributed by atoms with Crippen molar-refractivity contribution in [2.24, 2.45) is 11.8 Å². The van der Waals surface area contributed by atoms with Gasteiger partial charge in [0.25, 0.3) is 0 Å². The molecule has 12 heavy (non-hydrogen) atoms. The highest BCUT2D eigenvalue weighted by molar-refractivity contribution is 5.75. The zero-order valence-corrected chi connectivity index (χ0v) is 7.80. The third kappa shape index (κ3) is 7.50. The van der Waals surface area contributed by atoms with Gasteiger partial charge in [0.05, 0.1) is 6.61 Å². The summed E-state index contributed by atoms with van der Waals surface area (Å²) in [5.74, 6) is 5.33. The SMILES string of the molecule is CC(C)CC(=O)NCCCON. The van der Waals surface area contributed by atoms with Crippen molar-refractivity contribution in [2.75, 3.05) is 13.2 Å². The summed E-state index contributed by atoms with van der Waals surface area (Å²) in [5, 5.41) is 2.77. The van der Waals surface area contributed by atoms with Crippen LogP contribution in [-0.2, 0) is 9.63 Å². The van der Waals surface area contributed by atoms with Gasteiger partial charge in [-0.05, 0) is 12.3 Å². The summed E-state index contributed by atoms with van der Waals surface area (Å²) in [6.45, 7) is 5.16. The van der Waals surface area contributed by atoms with Crippen LogP contribution in [-0.4, -0.2) is 19.1 Å². The summed E-state index contributed by atoms with van der Waals surface area (Å²) in [7, 11) is 0. The molecular weight excluding hydrogens is 156 g/mol. The molecule has 0 saturated heterocycles. The summed E-state index contributed by atoms with van der Waals surface area (Å²) in [5.41, 5.74) is 0. The van der Waals surface area contributed by atoms with Gasteiger partial charge in [-0.2, -0.15) is 0 Å². The second-order valence-corrected chi connectivity index (χ2v) is 3.17. The molecule has 4 heteroatoms. The predicted molar refractivity (Wildman–Crippen MR) is 47.2 cm³/mol. The van der Waals surface area contributed by atoms with E-state index in [9.17, 15) is 4.79 Å². The minimum atomic E-state index is 0.0991. The van der Waals surface area contributed by atoms with E-state index in [0.29, 0.717) is 25.5 Å². The Morgan fingerprint density at radius 1 is 1.58 bits per heavy atom. The summed E-state index contributed by atoms with van der Waals surface area (Å²) in [6.07, 6.45) is 1.35. The lowest BCUT2D eigenvalue weighted by Crippen LogP contribution is -2.26. The van der Waals surface area contributed by atoms with E-state index in [1.165, 1.54) is 0 Å². The predicted octanol–water partition coefficient (Wildman–Crippen LogP) is 0.429. The first kappa shape index (κ1) is 11.4. The maximum atomic E-state index is 11.0. The normalized spacial score (nSPS) is 10.3. The van der Waals surface area contributed by atoms with Crippen molar-refractivity contribution in [3.8, 4) is 0 Å².